The second-order valence-electron chi connectivity index (χ2n) is 7.67. The molecule has 0 saturated heterocycles. The Morgan fingerprint density at radius 2 is 2.00 bits per heavy atom. The number of nitrogens with one attached hydrogen (secondary N) is 1. The number of aryl methyl sites for hydroxylation is 1. The number of thiophene rings is 1. The van der Waals surface area contributed by atoms with Gasteiger partial charge in [-0.25, -0.2) is 0 Å². The summed E-state index contributed by atoms with van der Waals surface area (Å²) in [7, 11) is 0. The molecular formula is C19H25N3O3S. The first-order valence-corrected chi connectivity index (χ1v) is 10.4. The summed E-state index contributed by atoms with van der Waals surface area (Å²) in [6, 6.07) is 2.35. The number of carboxylic acids is 1. The first kappa shape index (κ1) is 17.5. The fourth-order valence-corrected chi connectivity index (χ4v) is 5.49. The van der Waals surface area contributed by atoms with Crippen molar-refractivity contribution in [3.8, 4) is 0 Å². The van der Waals surface area contributed by atoms with E-state index in [2.05, 4.69) is 10.00 Å². The summed E-state index contributed by atoms with van der Waals surface area (Å²) in [5.74, 6) is -1.17. The smallest absolute Gasteiger partial charge is 0.306 e. The molecule has 0 aromatic carbocycles. The van der Waals surface area contributed by atoms with Gasteiger partial charge in [-0.3, -0.25) is 14.3 Å². The second-order valence-corrected chi connectivity index (χ2v) is 8.70. The molecule has 140 valence electrons. The number of carbonyl (C=O) groups excluding carboxylic acids is 1. The largest absolute Gasteiger partial charge is 0.481 e. The van der Waals surface area contributed by atoms with E-state index in [1.165, 1.54) is 30.6 Å². The highest BCUT2D eigenvalue weighted by molar-refractivity contribution is 7.20. The molecule has 2 N–H and O–H groups in total. The number of rotatable bonds is 4. The van der Waals surface area contributed by atoms with Gasteiger partial charge in [0, 0.05) is 11.4 Å². The minimum absolute atomic E-state index is 0.0373. The Morgan fingerprint density at radius 1 is 1.23 bits per heavy atom. The van der Waals surface area contributed by atoms with Crippen LogP contribution in [0.4, 0.5) is 0 Å². The van der Waals surface area contributed by atoms with Crippen LogP contribution in [0.15, 0.2) is 6.07 Å². The fourth-order valence-electron chi connectivity index (χ4n) is 4.35. The van der Waals surface area contributed by atoms with Crippen molar-refractivity contribution in [3.05, 3.63) is 16.6 Å². The van der Waals surface area contributed by atoms with Crippen molar-refractivity contribution in [1.29, 1.82) is 0 Å². The molecule has 2 heterocycles. The Morgan fingerprint density at radius 3 is 2.69 bits per heavy atom. The molecule has 2 aromatic heterocycles. The van der Waals surface area contributed by atoms with Crippen molar-refractivity contribution in [3.63, 3.8) is 0 Å². The number of aliphatic carboxylic acids is 1. The topological polar surface area (TPSA) is 84.2 Å². The summed E-state index contributed by atoms with van der Waals surface area (Å²) >= 11 is 1.51. The van der Waals surface area contributed by atoms with Crippen LogP contribution in [-0.4, -0.2) is 32.8 Å². The number of aromatic nitrogens is 2. The summed E-state index contributed by atoms with van der Waals surface area (Å²) in [6.07, 6.45) is 8.03. The molecule has 0 spiro atoms. The Balaban J connectivity index is 1.52. The van der Waals surface area contributed by atoms with E-state index in [1.807, 2.05) is 13.0 Å². The van der Waals surface area contributed by atoms with Gasteiger partial charge < -0.3 is 10.4 Å². The van der Waals surface area contributed by atoms with E-state index >= 15 is 0 Å². The van der Waals surface area contributed by atoms with E-state index in [4.69, 9.17) is 10.2 Å². The van der Waals surface area contributed by atoms with Gasteiger partial charge in [0.25, 0.3) is 5.91 Å². The van der Waals surface area contributed by atoms with Gasteiger partial charge in [0.15, 0.2) is 0 Å². The van der Waals surface area contributed by atoms with Gasteiger partial charge in [-0.15, -0.1) is 11.3 Å². The van der Waals surface area contributed by atoms with Crippen molar-refractivity contribution in [2.45, 2.75) is 70.4 Å². The van der Waals surface area contributed by atoms with Crippen molar-refractivity contribution in [2.24, 2.45) is 5.92 Å². The number of hydrogen-bond donors (Lipinski definition) is 2. The molecule has 0 radical (unpaired) electrons. The van der Waals surface area contributed by atoms with Crippen LogP contribution in [0, 0.1) is 12.8 Å². The quantitative estimate of drug-likeness (QED) is 0.849. The van der Waals surface area contributed by atoms with Crippen LogP contribution in [0.2, 0.25) is 0 Å². The lowest BCUT2D eigenvalue weighted by Crippen LogP contribution is -2.32. The summed E-state index contributed by atoms with van der Waals surface area (Å²) in [4.78, 5) is 25.5. The molecule has 4 rings (SSSR count). The van der Waals surface area contributed by atoms with Gasteiger partial charge in [0.05, 0.1) is 22.5 Å². The molecule has 1 amide bonds. The van der Waals surface area contributed by atoms with Crippen molar-refractivity contribution < 1.29 is 14.7 Å². The van der Waals surface area contributed by atoms with E-state index in [0.717, 1.165) is 35.2 Å². The van der Waals surface area contributed by atoms with E-state index in [-0.39, 0.29) is 17.9 Å². The predicted octanol–water partition coefficient (Wildman–Crippen LogP) is 3.89. The minimum Gasteiger partial charge on any atom is -0.481 e. The van der Waals surface area contributed by atoms with E-state index < -0.39 is 5.97 Å². The third kappa shape index (κ3) is 3.24. The maximum absolute atomic E-state index is 12.7. The lowest BCUT2D eigenvalue weighted by atomic mass is 9.96. The molecule has 6 nitrogen and oxygen atoms in total. The van der Waals surface area contributed by atoms with Crippen LogP contribution in [-0.2, 0) is 4.79 Å². The molecule has 2 fully saturated rings. The molecule has 0 unspecified atom stereocenters. The molecule has 2 aliphatic rings. The lowest BCUT2D eigenvalue weighted by molar-refractivity contribution is -0.141. The number of carboxylic acid groups (broad SMARTS) is 1. The van der Waals surface area contributed by atoms with Crippen LogP contribution in [0.3, 0.4) is 0 Å². The summed E-state index contributed by atoms with van der Waals surface area (Å²) in [5, 5.41) is 17.9. The Labute approximate surface area is 156 Å². The number of carbonyl (C=O) groups is 2. The number of amides is 1. The van der Waals surface area contributed by atoms with Gasteiger partial charge in [-0.2, -0.15) is 5.10 Å². The maximum atomic E-state index is 12.7. The van der Waals surface area contributed by atoms with Crippen molar-refractivity contribution in [2.75, 3.05) is 0 Å². The Bertz CT molecular complexity index is 835. The van der Waals surface area contributed by atoms with Gasteiger partial charge in [-0.1, -0.05) is 19.3 Å². The zero-order valence-corrected chi connectivity index (χ0v) is 15.8. The average molecular weight is 375 g/mol. The first-order valence-electron chi connectivity index (χ1n) is 9.55. The molecule has 2 atom stereocenters. The van der Waals surface area contributed by atoms with Gasteiger partial charge in [-0.05, 0) is 45.1 Å². The molecule has 2 saturated carbocycles. The highest BCUT2D eigenvalue weighted by atomic mass is 32.1. The first-order chi connectivity index (χ1) is 12.5. The average Bonchev–Trinajstić information content (AvgIpc) is 3.32. The van der Waals surface area contributed by atoms with Crippen molar-refractivity contribution >= 4 is 33.4 Å². The second kappa shape index (κ2) is 7.02. The zero-order valence-electron chi connectivity index (χ0n) is 15.0. The summed E-state index contributed by atoms with van der Waals surface area (Å²) < 4.78 is 2.14. The molecule has 26 heavy (non-hydrogen) atoms. The third-order valence-corrected chi connectivity index (χ3v) is 6.95. The number of fused-ring (bicyclic) bond motifs is 1. The number of hydrogen-bond acceptors (Lipinski definition) is 4. The van der Waals surface area contributed by atoms with Crippen LogP contribution in [0.1, 0.15) is 72.8 Å². The Kier molecular flexibility index (Phi) is 4.73. The molecule has 2 aromatic rings. The number of nitrogens with zero attached hydrogens (tertiary/aromatic N) is 2. The van der Waals surface area contributed by atoms with E-state index in [1.54, 1.807) is 0 Å². The SMILES string of the molecule is Cc1nn(C2CCCCC2)c2sc(C(=O)N[C@@H]3CC[C@@H](C(=O)O)C3)cc12. The van der Waals surface area contributed by atoms with Crippen LogP contribution in [0.5, 0.6) is 0 Å². The van der Waals surface area contributed by atoms with Gasteiger partial charge >= 0.3 is 5.97 Å². The third-order valence-electron chi connectivity index (χ3n) is 5.83. The fraction of sp³-hybridized carbons (Fsp3) is 0.632. The van der Waals surface area contributed by atoms with Gasteiger partial charge in [0.2, 0.25) is 0 Å². The molecule has 2 aliphatic carbocycles. The van der Waals surface area contributed by atoms with Crippen LogP contribution >= 0.6 is 11.3 Å². The standard InChI is InChI=1S/C19H25N3O3S/c1-11-15-10-16(17(23)20-13-8-7-12(9-13)19(24)25)26-18(15)22(21-11)14-5-3-2-4-6-14/h10,12-14H,2-9H2,1H3,(H,20,23)(H,24,25)/t12-,13-/m1/s1. The predicted molar refractivity (Wildman–Crippen MR) is 101 cm³/mol. The zero-order chi connectivity index (χ0) is 18.3. The summed E-state index contributed by atoms with van der Waals surface area (Å²) in [6.45, 7) is 2.00. The van der Waals surface area contributed by atoms with E-state index in [9.17, 15) is 9.59 Å². The van der Waals surface area contributed by atoms with Crippen molar-refractivity contribution in [1.82, 2.24) is 15.1 Å². The monoisotopic (exact) mass is 375 g/mol. The minimum atomic E-state index is -0.758. The van der Waals surface area contributed by atoms with Crippen LogP contribution in [0.25, 0.3) is 10.2 Å². The van der Waals surface area contributed by atoms with E-state index in [0.29, 0.717) is 23.8 Å². The molecule has 0 aliphatic heterocycles. The summed E-state index contributed by atoms with van der Waals surface area (Å²) in [5.41, 5.74) is 0.979. The van der Waals surface area contributed by atoms with Crippen LogP contribution < -0.4 is 5.32 Å². The molecular weight excluding hydrogens is 350 g/mol. The maximum Gasteiger partial charge on any atom is 0.306 e. The highest BCUT2D eigenvalue weighted by Crippen LogP contribution is 2.35. The highest BCUT2D eigenvalue weighted by Gasteiger charge is 2.31. The normalized spacial score (nSPS) is 24.2. The Hall–Kier alpha value is -1.89. The molecule has 7 heteroatoms. The lowest BCUT2D eigenvalue weighted by Gasteiger charge is -2.22. The molecule has 0 bridgehead atoms. The van der Waals surface area contributed by atoms with Gasteiger partial charge in [0.1, 0.15) is 4.83 Å².